The number of hydrogen-bond donors (Lipinski definition) is 0. The van der Waals surface area contributed by atoms with Crippen LogP contribution in [0.2, 0.25) is 0 Å². The van der Waals surface area contributed by atoms with Gasteiger partial charge in [-0.3, -0.25) is 4.99 Å². The minimum absolute atomic E-state index is 0.834. The van der Waals surface area contributed by atoms with Crippen molar-refractivity contribution in [2.24, 2.45) is 4.99 Å². The molecule has 100 valence electrons. The molecule has 0 fully saturated rings. The molecule has 3 rings (SSSR count). The van der Waals surface area contributed by atoms with Crippen LogP contribution < -0.4 is 0 Å². The van der Waals surface area contributed by atoms with Crippen molar-refractivity contribution >= 4 is 17.0 Å². The minimum Gasteiger partial charge on any atom is -0.252 e. The summed E-state index contributed by atoms with van der Waals surface area (Å²) in [6.07, 6.45) is 0.834. The summed E-state index contributed by atoms with van der Waals surface area (Å²) in [4.78, 5) is 4.88. The number of aliphatic imine (C=N–C) groups is 1. The van der Waals surface area contributed by atoms with E-state index in [1.165, 1.54) is 27.8 Å². The Kier molecular flexibility index (Phi) is 3.06. The highest BCUT2D eigenvalue weighted by Gasteiger charge is 2.18. The molecule has 2 aromatic rings. The second-order valence-electron chi connectivity index (χ2n) is 5.61. The first-order valence-corrected chi connectivity index (χ1v) is 6.99. The van der Waals surface area contributed by atoms with E-state index in [2.05, 4.69) is 63.7 Å². The third kappa shape index (κ3) is 2.09. The van der Waals surface area contributed by atoms with Gasteiger partial charge in [-0.05, 0) is 60.7 Å². The van der Waals surface area contributed by atoms with Gasteiger partial charge in [0.1, 0.15) is 0 Å². The fourth-order valence-electron chi connectivity index (χ4n) is 2.71. The van der Waals surface area contributed by atoms with Crippen LogP contribution in [-0.4, -0.2) is 5.71 Å². The predicted molar refractivity (Wildman–Crippen MR) is 86.9 cm³/mol. The van der Waals surface area contributed by atoms with E-state index in [4.69, 9.17) is 4.99 Å². The molecular weight excluding hydrogens is 242 g/mol. The van der Waals surface area contributed by atoms with Gasteiger partial charge in [-0.15, -0.1) is 0 Å². The highest BCUT2D eigenvalue weighted by Crippen LogP contribution is 2.36. The number of rotatable bonds is 1. The summed E-state index contributed by atoms with van der Waals surface area (Å²) in [7, 11) is 0. The molecule has 1 aliphatic heterocycles. The zero-order valence-corrected chi connectivity index (χ0v) is 12.3. The van der Waals surface area contributed by atoms with E-state index < -0.39 is 0 Å². The molecule has 0 spiro atoms. The molecule has 0 aromatic heterocycles. The van der Waals surface area contributed by atoms with Gasteiger partial charge in [0.15, 0.2) is 0 Å². The van der Waals surface area contributed by atoms with Crippen molar-refractivity contribution in [3.05, 3.63) is 70.8 Å². The molecule has 0 amide bonds. The van der Waals surface area contributed by atoms with Crippen LogP contribution in [0, 0.1) is 20.8 Å². The third-order valence-electron chi connectivity index (χ3n) is 4.09. The van der Waals surface area contributed by atoms with E-state index >= 15 is 0 Å². The molecule has 20 heavy (non-hydrogen) atoms. The molecule has 0 saturated carbocycles. The van der Waals surface area contributed by atoms with Crippen molar-refractivity contribution in [2.45, 2.75) is 27.2 Å². The first kappa shape index (κ1) is 12.9. The van der Waals surface area contributed by atoms with Crippen molar-refractivity contribution in [1.29, 1.82) is 0 Å². The van der Waals surface area contributed by atoms with E-state index in [9.17, 15) is 0 Å². The predicted octanol–water partition coefficient (Wildman–Crippen LogP) is 5.15. The molecule has 0 radical (unpaired) electrons. The maximum absolute atomic E-state index is 4.88. The molecule has 0 aliphatic carbocycles. The normalized spacial score (nSPS) is 13.9. The lowest BCUT2D eigenvalue weighted by Gasteiger charge is -2.20. The Morgan fingerprint density at radius 1 is 0.900 bits per heavy atom. The van der Waals surface area contributed by atoms with Gasteiger partial charge >= 0.3 is 0 Å². The second-order valence-corrected chi connectivity index (χ2v) is 5.61. The van der Waals surface area contributed by atoms with Crippen LogP contribution in [0.1, 0.15) is 34.2 Å². The van der Waals surface area contributed by atoms with Crippen molar-refractivity contribution in [3.8, 4) is 0 Å². The number of fused-ring (bicyclic) bond motifs is 1. The summed E-state index contributed by atoms with van der Waals surface area (Å²) in [6.45, 7) is 10.7. The van der Waals surface area contributed by atoms with Crippen LogP contribution >= 0.6 is 0 Å². The molecule has 1 heterocycles. The lowest BCUT2D eigenvalue weighted by Crippen LogP contribution is -2.08. The molecule has 1 nitrogen and oxygen atoms in total. The summed E-state index contributed by atoms with van der Waals surface area (Å²) < 4.78 is 0. The Balaban J connectivity index is 2.17. The number of nitrogens with zero attached hydrogens (tertiary/aromatic N) is 1. The van der Waals surface area contributed by atoms with Crippen molar-refractivity contribution < 1.29 is 0 Å². The maximum atomic E-state index is 4.88. The average Bonchev–Trinajstić information content (AvgIpc) is 2.41. The van der Waals surface area contributed by atoms with Crippen LogP contribution in [0.5, 0.6) is 0 Å². The summed E-state index contributed by atoms with van der Waals surface area (Å²) in [5.74, 6) is 0. The van der Waals surface area contributed by atoms with Crippen LogP contribution in [0.3, 0.4) is 0 Å². The molecular formula is C19H19N. The highest BCUT2D eigenvalue weighted by atomic mass is 14.8. The summed E-state index contributed by atoms with van der Waals surface area (Å²) in [5, 5.41) is 0. The summed E-state index contributed by atoms with van der Waals surface area (Å²) in [6, 6.07) is 12.8. The largest absolute Gasteiger partial charge is 0.252 e. The zero-order chi connectivity index (χ0) is 14.3. The molecule has 2 aromatic carbocycles. The third-order valence-corrected chi connectivity index (χ3v) is 4.09. The van der Waals surface area contributed by atoms with Crippen molar-refractivity contribution in [1.82, 2.24) is 0 Å². The molecule has 0 N–H and O–H groups in total. The highest BCUT2D eigenvalue weighted by molar-refractivity contribution is 6.11. The Bertz CT molecular complexity index is 735. The molecule has 0 atom stereocenters. The fraction of sp³-hybridized carbons (Fsp3) is 0.211. The monoisotopic (exact) mass is 261 g/mol. The van der Waals surface area contributed by atoms with Gasteiger partial charge in [-0.25, -0.2) is 0 Å². The first-order chi connectivity index (χ1) is 9.56. The quantitative estimate of drug-likeness (QED) is 0.673. The van der Waals surface area contributed by atoms with Gasteiger partial charge < -0.3 is 0 Å². The fourth-order valence-corrected chi connectivity index (χ4v) is 2.71. The lowest BCUT2D eigenvalue weighted by molar-refractivity contribution is 1.26. The standard InChI is InChI=1S/C19H19N/c1-12-7-5-6-8-16(12)18-11-15(4)17-9-13(2)14(3)10-19(17)20-18/h5-10H,4,11H2,1-3H3. The van der Waals surface area contributed by atoms with Gasteiger partial charge in [0.25, 0.3) is 0 Å². The van der Waals surface area contributed by atoms with Crippen LogP contribution in [0.25, 0.3) is 5.57 Å². The Morgan fingerprint density at radius 2 is 1.60 bits per heavy atom. The van der Waals surface area contributed by atoms with Crippen LogP contribution in [0.4, 0.5) is 5.69 Å². The molecule has 1 aliphatic rings. The topological polar surface area (TPSA) is 12.4 Å². The summed E-state index contributed by atoms with van der Waals surface area (Å²) in [5.41, 5.74) is 9.64. The Morgan fingerprint density at radius 3 is 2.35 bits per heavy atom. The van der Waals surface area contributed by atoms with E-state index in [0.717, 1.165) is 23.4 Å². The van der Waals surface area contributed by atoms with E-state index in [-0.39, 0.29) is 0 Å². The first-order valence-electron chi connectivity index (χ1n) is 6.99. The van der Waals surface area contributed by atoms with E-state index in [0.29, 0.717) is 0 Å². The smallest absolute Gasteiger partial charge is 0.0711 e. The SMILES string of the molecule is C=C1CC(c2ccccc2C)=Nc2cc(C)c(C)cc21. The van der Waals surface area contributed by atoms with Crippen molar-refractivity contribution in [2.75, 3.05) is 0 Å². The zero-order valence-electron chi connectivity index (χ0n) is 12.3. The van der Waals surface area contributed by atoms with Gasteiger partial charge in [-0.2, -0.15) is 0 Å². The number of hydrogen-bond acceptors (Lipinski definition) is 1. The van der Waals surface area contributed by atoms with E-state index in [1.54, 1.807) is 0 Å². The average molecular weight is 261 g/mol. The van der Waals surface area contributed by atoms with Crippen molar-refractivity contribution in [3.63, 3.8) is 0 Å². The van der Waals surface area contributed by atoms with Crippen LogP contribution in [-0.2, 0) is 0 Å². The molecule has 0 bridgehead atoms. The molecule has 0 unspecified atom stereocenters. The van der Waals surface area contributed by atoms with E-state index in [1.807, 2.05) is 0 Å². The summed E-state index contributed by atoms with van der Waals surface area (Å²) >= 11 is 0. The second kappa shape index (κ2) is 4.75. The molecule has 0 saturated heterocycles. The minimum atomic E-state index is 0.834. The Labute approximate surface area is 120 Å². The Hall–Kier alpha value is -2.15. The maximum Gasteiger partial charge on any atom is 0.0711 e. The number of aryl methyl sites for hydroxylation is 3. The lowest BCUT2D eigenvalue weighted by atomic mass is 9.90. The van der Waals surface area contributed by atoms with Gasteiger partial charge in [0, 0.05) is 12.0 Å². The van der Waals surface area contributed by atoms with Gasteiger partial charge in [0.05, 0.1) is 11.4 Å². The number of benzene rings is 2. The van der Waals surface area contributed by atoms with Gasteiger partial charge in [0.2, 0.25) is 0 Å². The molecule has 1 heteroatoms. The van der Waals surface area contributed by atoms with Crippen LogP contribution in [0.15, 0.2) is 48.0 Å². The van der Waals surface area contributed by atoms with Gasteiger partial charge in [-0.1, -0.05) is 30.8 Å². The number of allylic oxidation sites excluding steroid dienone is 1.